The number of carbonyl (C=O) groups excluding carboxylic acids is 2. The number of nitrogens with two attached hydrogens (primary N) is 2. The molecule has 2 amide bonds. The first-order valence-corrected chi connectivity index (χ1v) is 6.69. The Labute approximate surface area is 134 Å². The van der Waals surface area contributed by atoms with Crippen molar-refractivity contribution in [2.45, 2.75) is 19.6 Å². The van der Waals surface area contributed by atoms with Crippen LogP contribution in [0.2, 0.25) is 0 Å². The molecule has 7 nitrogen and oxygen atoms in total. The van der Waals surface area contributed by atoms with E-state index in [4.69, 9.17) is 11.5 Å². The van der Waals surface area contributed by atoms with Crippen molar-refractivity contribution in [1.82, 2.24) is 9.78 Å². The monoisotopic (exact) mass is 341 g/mol. The molecule has 5 N–H and O–H groups in total. The van der Waals surface area contributed by atoms with E-state index in [2.05, 4.69) is 10.4 Å². The van der Waals surface area contributed by atoms with Crippen molar-refractivity contribution in [1.29, 1.82) is 0 Å². The fraction of sp³-hybridized carbons (Fsp3) is 0.214. The van der Waals surface area contributed by atoms with E-state index in [1.807, 2.05) is 0 Å². The molecule has 0 unspecified atom stereocenters. The molecule has 0 radical (unpaired) electrons. The van der Waals surface area contributed by atoms with Gasteiger partial charge in [0.15, 0.2) is 0 Å². The van der Waals surface area contributed by atoms with Gasteiger partial charge in [0.2, 0.25) is 5.91 Å². The third-order valence-corrected chi connectivity index (χ3v) is 3.20. The number of anilines is 2. The molecule has 24 heavy (non-hydrogen) atoms. The van der Waals surface area contributed by atoms with Crippen molar-refractivity contribution >= 4 is 23.3 Å². The summed E-state index contributed by atoms with van der Waals surface area (Å²) in [6.07, 6.45) is -4.45. The number of halogens is 3. The largest absolute Gasteiger partial charge is 0.416 e. The topological polar surface area (TPSA) is 116 Å². The summed E-state index contributed by atoms with van der Waals surface area (Å²) in [5, 5.41) is 6.36. The van der Waals surface area contributed by atoms with Crippen LogP contribution >= 0.6 is 0 Å². The smallest absolute Gasteiger partial charge is 0.383 e. The fourth-order valence-electron chi connectivity index (χ4n) is 2.10. The molecule has 0 fully saturated rings. The minimum atomic E-state index is -4.45. The number of rotatable bonds is 4. The third-order valence-electron chi connectivity index (χ3n) is 3.20. The van der Waals surface area contributed by atoms with Gasteiger partial charge in [-0.1, -0.05) is 0 Å². The molecule has 128 valence electrons. The number of nitrogens with one attached hydrogen (secondary N) is 1. The normalized spacial score (nSPS) is 11.3. The first-order chi connectivity index (χ1) is 11.1. The van der Waals surface area contributed by atoms with Crippen LogP contribution in [0, 0.1) is 6.92 Å². The zero-order valence-electron chi connectivity index (χ0n) is 12.5. The van der Waals surface area contributed by atoms with Gasteiger partial charge in [-0.15, -0.1) is 0 Å². The van der Waals surface area contributed by atoms with Gasteiger partial charge in [0.1, 0.15) is 17.9 Å². The Balaban J connectivity index is 2.09. The van der Waals surface area contributed by atoms with Crippen LogP contribution < -0.4 is 16.8 Å². The van der Waals surface area contributed by atoms with E-state index in [1.165, 1.54) is 6.92 Å². The van der Waals surface area contributed by atoms with Gasteiger partial charge in [0, 0.05) is 5.69 Å². The molecule has 0 atom stereocenters. The van der Waals surface area contributed by atoms with Crippen LogP contribution in [0.4, 0.5) is 24.7 Å². The minimum Gasteiger partial charge on any atom is -0.383 e. The molecule has 0 saturated heterocycles. The fourth-order valence-corrected chi connectivity index (χ4v) is 2.10. The van der Waals surface area contributed by atoms with Gasteiger partial charge in [-0.25, -0.2) is 4.68 Å². The third kappa shape index (κ3) is 3.65. The van der Waals surface area contributed by atoms with E-state index in [0.29, 0.717) is 0 Å². The van der Waals surface area contributed by atoms with Crippen molar-refractivity contribution in [3.63, 3.8) is 0 Å². The Morgan fingerprint density at radius 1 is 1.25 bits per heavy atom. The number of carbonyl (C=O) groups is 2. The van der Waals surface area contributed by atoms with Crippen LogP contribution in [0.1, 0.15) is 21.6 Å². The number of hydrogen-bond donors (Lipinski definition) is 3. The van der Waals surface area contributed by atoms with E-state index in [-0.39, 0.29) is 29.3 Å². The second kappa shape index (κ2) is 6.22. The van der Waals surface area contributed by atoms with E-state index in [9.17, 15) is 22.8 Å². The average Bonchev–Trinajstić information content (AvgIpc) is 2.72. The standard InChI is InChI=1S/C14H14F3N5O2/c1-7-11(13(19)24)12(18)22(21-7)6-10(23)20-9-4-2-8(3-5-9)14(15,16)17/h2-5H,6,18H2,1H3,(H2,19,24)(H,20,23). The van der Waals surface area contributed by atoms with E-state index in [0.717, 1.165) is 28.9 Å². The highest BCUT2D eigenvalue weighted by molar-refractivity contribution is 5.99. The quantitative estimate of drug-likeness (QED) is 0.782. The molecule has 2 aromatic rings. The molecular weight excluding hydrogens is 327 g/mol. The summed E-state index contributed by atoms with van der Waals surface area (Å²) in [6.45, 7) is 1.20. The zero-order valence-corrected chi connectivity index (χ0v) is 12.5. The van der Waals surface area contributed by atoms with Crippen LogP contribution in [0.25, 0.3) is 0 Å². The summed E-state index contributed by atoms with van der Waals surface area (Å²) < 4.78 is 38.5. The number of alkyl halides is 3. The van der Waals surface area contributed by atoms with Crippen LogP contribution in [0.3, 0.4) is 0 Å². The molecule has 1 heterocycles. The van der Waals surface area contributed by atoms with Gasteiger partial charge < -0.3 is 16.8 Å². The lowest BCUT2D eigenvalue weighted by atomic mass is 10.2. The number of nitrogens with zero attached hydrogens (tertiary/aromatic N) is 2. The average molecular weight is 341 g/mol. The molecule has 1 aromatic carbocycles. The van der Waals surface area contributed by atoms with E-state index < -0.39 is 23.6 Å². The maximum Gasteiger partial charge on any atom is 0.416 e. The highest BCUT2D eigenvalue weighted by atomic mass is 19.4. The van der Waals surface area contributed by atoms with Crippen LogP contribution in [-0.2, 0) is 17.5 Å². The molecule has 0 aliphatic heterocycles. The Kier molecular flexibility index (Phi) is 4.49. The predicted molar refractivity (Wildman–Crippen MR) is 80.0 cm³/mol. The Hall–Kier alpha value is -3.04. The summed E-state index contributed by atoms with van der Waals surface area (Å²) in [7, 11) is 0. The maximum atomic E-state index is 12.5. The molecule has 1 aromatic heterocycles. The van der Waals surface area contributed by atoms with Crippen molar-refractivity contribution in [2.75, 3.05) is 11.1 Å². The van der Waals surface area contributed by atoms with Gasteiger partial charge in [0.25, 0.3) is 5.91 Å². The molecule has 0 bridgehead atoms. The molecule has 0 aliphatic carbocycles. The summed E-state index contributed by atoms with van der Waals surface area (Å²) in [6, 6.07) is 3.97. The minimum absolute atomic E-state index is 0.0253. The number of nitrogen functional groups attached to an aromatic ring is 1. The van der Waals surface area contributed by atoms with Gasteiger partial charge in [0.05, 0.1) is 11.3 Å². The highest BCUT2D eigenvalue weighted by Crippen LogP contribution is 2.29. The number of primary amides is 1. The number of hydrogen-bond acceptors (Lipinski definition) is 4. The summed E-state index contributed by atoms with van der Waals surface area (Å²) in [4.78, 5) is 23.2. The van der Waals surface area contributed by atoms with Crippen LogP contribution in [0.15, 0.2) is 24.3 Å². The second-order valence-electron chi connectivity index (χ2n) is 4.99. The van der Waals surface area contributed by atoms with Gasteiger partial charge in [-0.3, -0.25) is 9.59 Å². The van der Waals surface area contributed by atoms with Gasteiger partial charge in [-0.2, -0.15) is 18.3 Å². The zero-order chi connectivity index (χ0) is 18.1. The summed E-state index contributed by atoms with van der Waals surface area (Å²) in [5.74, 6) is -1.39. The van der Waals surface area contributed by atoms with Crippen molar-refractivity contribution in [3.8, 4) is 0 Å². The number of amides is 2. The van der Waals surface area contributed by atoms with E-state index >= 15 is 0 Å². The molecule has 0 saturated carbocycles. The van der Waals surface area contributed by atoms with Gasteiger partial charge in [-0.05, 0) is 31.2 Å². The SMILES string of the molecule is Cc1nn(CC(=O)Nc2ccc(C(F)(F)F)cc2)c(N)c1C(N)=O. The lowest BCUT2D eigenvalue weighted by Gasteiger charge is -2.09. The first-order valence-electron chi connectivity index (χ1n) is 6.69. The lowest BCUT2D eigenvalue weighted by Crippen LogP contribution is -2.21. The Morgan fingerprint density at radius 3 is 2.29 bits per heavy atom. The maximum absolute atomic E-state index is 12.5. The van der Waals surface area contributed by atoms with Crippen molar-refractivity contribution < 1.29 is 22.8 Å². The molecule has 0 aliphatic rings. The highest BCUT2D eigenvalue weighted by Gasteiger charge is 2.30. The summed E-state index contributed by atoms with van der Waals surface area (Å²) in [5.41, 5.74) is 10.5. The molecule has 0 spiro atoms. The lowest BCUT2D eigenvalue weighted by molar-refractivity contribution is -0.137. The Morgan fingerprint density at radius 2 is 1.83 bits per heavy atom. The van der Waals surface area contributed by atoms with Crippen molar-refractivity contribution in [3.05, 3.63) is 41.1 Å². The second-order valence-corrected chi connectivity index (χ2v) is 4.99. The molecule has 10 heteroatoms. The van der Waals surface area contributed by atoms with Gasteiger partial charge >= 0.3 is 6.18 Å². The molecular formula is C14H14F3N5O2. The van der Waals surface area contributed by atoms with Crippen LogP contribution in [0.5, 0.6) is 0 Å². The molecule has 2 rings (SSSR count). The van der Waals surface area contributed by atoms with Crippen molar-refractivity contribution in [2.24, 2.45) is 5.73 Å². The summed E-state index contributed by atoms with van der Waals surface area (Å²) >= 11 is 0. The number of aromatic nitrogens is 2. The first kappa shape index (κ1) is 17.3. The predicted octanol–water partition coefficient (Wildman–Crippen LogP) is 1.53. The van der Waals surface area contributed by atoms with E-state index in [1.54, 1.807) is 0 Å². The number of aryl methyl sites for hydroxylation is 1. The van der Waals surface area contributed by atoms with Crippen LogP contribution in [-0.4, -0.2) is 21.6 Å². The Bertz CT molecular complexity index is 781. The number of benzene rings is 1.